The molecular formula is C10H18ClNO2. The third-order valence-corrected chi connectivity index (χ3v) is 2.95. The lowest BCUT2D eigenvalue weighted by atomic mass is 9.74. The second kappa shape index (κ2) is 4.32. The molecule has 0 aliphatic carbocycles. The molecule has 0 rings (SSSR count). The van der Waals surface area contributed by atoms with Gasteiger partial charge in [0.1, 0.15) is 0 Å². The summed E-state index contributed by atoms with van der Waals surface area (Å²) in [6.45, 7) is 11.0. The van der Waals surface area contributed by atoms with Crippen LogP contribution in [0.15, 0.2) is 11.6 Å². The van der Waals surface area contributed by atoms with Crippen LogP contribution in [0.4, 0.5) is 0 Å². The van der Waals surface area contributed by atoms with Gasteiger partial charge in [-0.05, 0) is 27.7 Å². The maximum atomic E-state index is 11.0. The zero-order chi connectivity index (χ0) is 11.6. The number of hydrogen-bond acceptors (Lipinski definition) is 2. The second-order valence-corrected chi connectivity index (χ2v) is 4.96. The van der Waals surface area contributed by atoms with Crippen molar-refractivity contribution in [2.45, 2.75) is 33.2 Å². The minimum atomic E-state index is -0.862. The molecule has 0 aromatic rings. The third-order valence-electron chi connectivity index (χ3n) is 2.82. The van der Waals surface area contributed by atoms with Crippen molar-refractivity contribution in [2.75, 3.05) is 6.54 Å². The summed E-state index contributed by atoms with van der Waals surface area (Å²) in [4.78, 5) is 11.0. The minimum Gasteiger partial charge on any atom is -0.481 e. The molecule has 2 N–H and O–H groups in total. The number of aliphatic carboxylic acids is 1. The number of carboxylic acid groups (broad SMARTS) is 1. The molecule has 0 saturated carbocycles. The van der Waals surface area contributed by atoms with Gasteiger partial charge in [0.05, 0.1) is 5.41 Å². The van der Waals surface area contributed by atoms with Gasteiger partial charge in [-0.3, -0.25) is 4.79 Å². The first-order valence-corrected chi connectivity index (χ1v) is 4.81. The van der Waals surface area contributed by atoms with Crippen LogP contribution in [0, 0.1) is 5.41 Å². The summed E-state index contributed by atoms with van der Waals surface area (Å²) in [6, 6.07) is 0. The van der Waals surface area contributed by atoms with Crippen molar-refractivity contribution in [3.05, 3.63) is 11.6 Å². The molecule has 0 spiro atoms. The summed E-state index contributed by atoms with van der Waals surface area (Å²) in [5.74, 6) is -0.838. The van der Waals surface area contributed by atoms with E-state index in [0.717, 1.165) is 0 Å². The Kier molecular flexibility index (Phi) is 4.15. The molecule has 82 valence electrons. The van der Waals surface area contributed by atoms with Gasteiger partial charge < -0.3 is 10.4 Å². The van der Waals surface area contributed by atoms with E-state index >= 15 is 0 Å². The molecule has 0 saturated heterocycles. The fourth-order valence-electron chi connectivity index (χ4n) is 0.805. The Bertz CT molecular complexity index is 247. The molecule has 0 bridgehead atoms. The number of rotatable bonds is 5. The lowest BCUT2D eigenvalue weighted by Gasteiger charge is -2.39. The summed E-state index contributed by atoms with van der Waals surface area (Å²) < 4.78 is 0. The second-order valence-electron chi connectivity index (χ2n) is 4.43. The van der Waals surface area contributed by atoms with Crippen molar-refractivity contribution in [1.82, 2.24) is 5.32 Å². The highest BCUT2D eigenvalue weighted by Crippen LogP contribution is 2.30. The Morgan fingerprint density at radius 3 is 2.14 bits per heavy atom. The van der Waals surface area contributed by atoms with Crippen molar-refractivity contribution < 1.29 is 9.90 Å². The Morgan fingerprint density at radius 2 is 1.86 bits per heavy atom. The van der Waals surface area contributed by atoms with E-state index in [4.69, 9.17) is 16.7 Å². The fourth-order valence-corrected chi connectivity index (χ4v) is 0.872. The molecule has 0 radical (unpaired) electrons. The molecule has 0 aliphatic heterocycles. The molecular weight excluding hydrogens is 202 g/mol. The van der Waals surface area contributed by atoms with Crippen molar-refractivity contribution in [2.24, 2.45) is 5.41 Å². The Hall–Kier alpha value is -0.540. The van der Waals surface area contributed by atoms with Crippen molar-refractivity contribution >= 4 is 17.6 Å². The summed E-state index contributed by atoms with van der Waals surface area (Å²) in [6.07, 6.45) is 0. The number of carboxylic acids is 1. The number of carbonyl (C=O) groups is 1. The van der Waals surface area contributed by atoms with E-state index in [1.807, 2.05) is 13.8 Å². The van der Waals surface area contributed by atoms with Gasteiger partial charge in [-0.1, -0.05) is 18.2 Å². The smallest absolute Gasteiger partial charge is 0.310 e. The largest absolute Gasteiger partial charge is 0.481 e. The van der Waals surface area contributed by atoms with E-state index in [2.05, 4.69) is 11.9 Å². The van der Waals surface area contributed by atoms with Crippen LogP contribution in [-0.2, 0) is 4.79 Å². The highest BCUT2D eigenvalue weighted by Gasteiger charge is 2.42. The Morgan fingerprint density at radius 1 is 1.43 bits per heavy atom. The monoisotopic (exact) mass is 219 g/mol. The number of hydrogen-bond donors (Lipinski definition) is 2. The zero-order valence-corrected chi connectivity index (χ0v) is 9.90. The molecule has 0 atom stereocenters. The van der Waals surface area contributed by atoms with E-state index in [0.29, 0.717) is 11.6 Å². The predicted octanol–water partition coefficient (Wildman–Crippen LogP) is 2.22. The molecule has 14 heavy (non-hydrogen) atoms. The highest BCUT2D eigenvalue weighted by molar-refractivity contribution is 6.29. The van der Waals surface area contributed by atoms with Crippen molar-refractivity contribution in [1.29, 1.82) is 0 Å². The lowest BCUT2D eigenvalue weighted by molar-refractivity contribution is -0.151. The first-order chi connectivity index (χ1) is 6.11. The van der Waals surface area contributed by atoms with Gasteiger partial charge in [0.25, 0.3) is 0 Å². The average Bonchev–Trinajstić information content (AvgIpc) is 2.00. The van der Waals surface area contributed by atoms with Crippen molar-refractivity contribution in [3.63, 3.8) is 0 Å². The topological polar surface area (TPSA) is 49.3 Å². The van der Waals surface area contributed by atoms with E-state index < -0.39 is 16.9 Å². The van der Waals surface area contributed by atoms with Gasteiger partial charge in [0.15, 0.2) is 0 Å². The molecule has 0 unspecified atom stereocenters. The van der Waals surface area contributed by atoms with Crippen LogP contribution in [0.2, 0.25) is 0 Å². The fraction of sp³-hybridized carbons (Fsp3) is 0.700. The zero-order valence-electron chi connectivity index (χ0n) is 9.15. The first kappa shape index (κ1) is 13.5. The molecule has 0 fully saturated rings. The van der Waals surface area contributed by atoms with Gasteiger partial charge >= 0.3 is 5.97 Å². The molecule has 3 nitrogen and oxygen atoms in total. The van der Waals surface area contributed by atoms with Crippen LogP contribution in [0.3, 0.4) is 0 Å². The quantitative estimate of drug-likeness (QED) is 0.746. The number of nitrogens with one attached hydrogen (secondary N) is 1. The highest BCUT2D eigenvalue weighted by atomic mass is 35.5. The predicted molar refractivity (Wildman–Crippen MR) is 58.5 cm³/mol. The van der Waals surface area contributed by atoms with Crippen LogP contribution < -0.4 is 5.32 Å². The van der Waals surface area contributed by atoms with E-state index in [1.165, 1.54) is 0 Å². The maximum absolute atomic E-state index is 11.0. The molecule has 0 aromatic heterocycles. The van der Waals surface area contributed by atoms with Gasteiger partial charge in [0.2, 0.25) is 0 Å². The summed E-state index contributed by atoms with van der Waals surface area (Å²) in [5.41, 5.74) is -1.41. The van der Waals surface area contributed by atoms with E-state index in [9.17, 15) is 4.79 Å². The van der Waals surface area contributed by atoms with Gasteiger partial charge in [-0.15, -0.1) is 0 Å². The minimum absolute atomic E-state index is 0.408. The first-order valence-electron chi connectivity index (χ1n) is 4.43. The van der Waals surface area contributed by atoms with Crippen LogP contribution in [-0.4, -0.2) is 23.2 Å². The van der Waals surface area contributed by atoms with Crippen molar-refractivity contribution in [3.8, 4) is 0 Å². The Labute approximate surface area is 90.1 Å². The number of halogens is 1. The van der Waals surface area contributed by atoms with Crippen LogP contribution in [0.1, 0.15) is 27.7 Å². The van der Waals surface area contributed by atoms with Crippen LogP contribution in [0.5, 0.6) is 0 Å². The van der Waals surface area contributed by atoms with Gasteiger partial charge in [0, 0.05) is 17.1 Å². The summed E-state index contributed by atoms with van der Waals surface area (Å²) in [5, 5.41) is 12.6. The lowest BCUT2D eigenvalue weighted by Crippen LogP contribution is -2.55. The van der Waals surface area contributed by atoms with Crippen LogP contribution >= 0.6 is 11.6 Å². The molecule has 0 aromatic carbocycles. The molecule has 4 heteroatoms. The summed E-state index contributed by atoms with van der Waals surface area (Å²) in [7, 11) is 0. The van der Waals surface area contributed by atoms with Crippen LogP contribution in [0.25, 0.3) is 0 Å². The molecule has 0 amide bonds. The SMILES string of the molecule is C=C(Cl)CNC(C)(C)C(C)(C)C(=O)O. The van der Waals surface area contributed by atoms with E-state index in [-0.39, 0.29) is 0 Å². The maximum Gasteiger partial charge on any atom is 0.310 e. The molecule has 0 aliphatic rings. The standard InChI is InChI=1S/C10H18ClNO2/c1-7(11)6-12-10(4,5)9(2,3)8(13)14/h12H,1,6H2,2-5H3,(H,13,14). The third kappa shape index (κ3) is 3.00. The Balaban J connectivity index is 4.59. The summed E-state index contributed by atoms with van der Waals surface area (Å²) >= 11 is 5.61. The van der Waals surface area contributed by atoms with Gasteiger partial charge in [-0.25, -0.2) is 0 Å². The molecule has 0 heterocycles. The average molecular weight is 220 g/mol. The van der Waals surface area contributed by atoms with Gasteiger partial charge in [-0.2, -0.15) is 0 Å². The van der Waals surface area contributed by atoms with E-state index in [1.54, 1.807) is 13.8 Å². The normalized spacial score (nSPS) is 12.6.